The first-order valence-electron chi connectivity index (χ1n) is 7.43. The molecule has 0 saturated heterocycles. The van der Waals surface area contributed by atoms with Gasteiger partial charge in [0.05, 0.1) is 0 Å². The van der Waals surface area contributed by atoms with Crippen LogP contribution in [-0.2, 0) is 43.9 Å². The van der Waals surface area contributed by atoms with E-state index in [0.717, 1.165) is 12.8 Å². The summed E-state index contributed by atoms with van der Waals surface area (Å²) in [5.74, 6) is 0.335. The Morgan fingerprint density at radius 3 is 1.73 bits per heavy atom. The number of aryl methyl sites for hydroxylation is 1. The third-order valence-electron chi connectivity index (χ3n) is 3.07. The minimum absolute atomic E-state index is 0. The Bertz CT molecular complexity index is 382. The molecule has 0 heterocycles. The fraction of sp³-hybridized carbons (Fsp3) is 0.550. The van der Waals surface area contributed by atoms with Crippen molar-refractivity contribution in [1.29, 1.82) is 0 Å². The van der Waals surface area contributed by atoms with Gasteiger partial charge in [0.25, 0.3) is 0 Å². The molecule has 1 nitrogen and oxygen atoms in total. The second-order valence-corrected chi connectivity index (χ2v) is 7.47. The number of ketones is 1. The van der Waals surface area contributed by atoms with Gasteiger partial charge < -0.3 is 14.4 Å². The minimum Gasteiger partial charge on any atom is -0.358 e. The first-order valence-corrected chi connectivity index (χ1v) is 7.43. The fourth-order valence-corrected chi connectivity index (χ4v) is 1.28. The zero-order valence-corrected chi connectivity index (χ0v) is 18.5. The number of carbonyl (C=O) groups is 1. The second-order valence-electron chi connectivity index (χ2n) is 7.47. The molecule has 1 radical (unpaired) electrons. The molecule has 0 N–H and O–H groups in total. The summed E-state index contributed by atoms with van der Waals surface area (Å²) >= 11 is 0. The number of benzene rings is 1. The fourth-order valence-electron chi connectivity index (χ4n) is 1.28. The first-order chi connectivity index (χ1) is 9.06. The van der Waals surface area contributed by atoms with E-state index < -0.39 is 0 Å². The van der Waals surface area contributed by atoms with E-state index in [9.17, 15) is 4.79 Å². The maximum Gasteiger partial charge on any atom is 0.138 e. The van der Waals surface area contributed by atoms with Crippen LogP contribution in [0.25, 0.3) is 0 Å². The van der Waals surface area contributed by atoms with Crippen molar-refractivity contribution in [3.63, 3.8) is 0 Å². The van der Waals surface area contributed by atoms with Crippen molar-refractivity contribution in [3.05, 3.63) is 50.2 Å². The van der Waals surface area contributed by atoms with Crippen molar-refractivity contribution >= 4 is 5.78 Å². The predicted octanol–water partition coefficient (Wildman–Crippen LogP) is 5.94. The Morgan fingerprint density at radius 2 is 1.41 bits per heavy atom. The number of carbonyl (C=O) groups excluding carboxylic acids is 1. The number of hydrogen-bond donors (Lipinski definition) is 0. The maximum atomic E-state index is 11.6. The van der Waals surface area contributed by atoms with Gasteiger partial charge in [0, 0.05) is 44.5 Å². The second kappa shape index (κ2) is 12.4. The van der Waals surface area contributed by atoms with Crippen LogP contribution in [0.4, 0.5) is 0 Å². The standard InChI is InChI=1S/C13H18O.C6H13.CH3.Y/c1-13(2,3)12(14)10-9-11-7-5-4-6-8-11;1-5-6(2,3)4;;/h4-8H,9-10H2,1-3H3;1,5H2,2-4H3;1H3;/q;2*-1;. The van der Waals surface area contributed by atoms with E-state index in [1.807, 2.05) is 39.0 Å². The molecule has 0 aliphatic heterocycles. The predicted molar refractivity (Wildman–Crippen MR) is 95.1 cm³/mol. The molecule has 125 valence electrons. The summed E-state index contributed by atoms with van der Waals surface area (Å²) in [5, 5.41) is 0. The van der Waals surface area contributed by atoms with Gasteiger partial charge in [-0.15, -0.1) is 0 Å². The molecule has 2 heteroatoms. The van der Waals surface area contributed by atoms with E-state index >= 15 is 0 Å². The van der Waals surface area contributed by atoms with E-state index in [1.165, 1.54) is 5.56 Å². The van der Waals surface area contributed by atoms with Crippen molar-refractivity contribution < 1.29 is 37.5 Å². The SMILES string of the molecule is CC(C)(C)C(=O)CCc1ccccc1.[CH2-]CC(C)(C)C.[CH3-].[Y]. The van der Waals surface area contributed by atoms with Crippen LogP contribution in [0.5, 0.6) is 0 Å². The van der Waals surface area contributed by atoms with Crippen molar-refractivity contribution in [2.45, 2.75) is 60.8 Å². The summed E-state index contributed by atoms with van der Waals surface area (Å²) in [6, 6.07) is 10.1. The van der Waals surface area contributed by atoms with Gasteiger partial charge in [-0.25, -0.2) is 0 Å². The third kappa shape index (κ3) is 14.9. The summed E-state index contributed by atoms with van der Waals surface area (Å²) in [7, 11) is 0. The van der Waals surface area contributed by atoms with Gasteiger partial charge in [0.1, 0.15) is 5.78 Å². The van der Waals surface area contributed by atoms with E-state index in [2.05, 4.69) is 39.8 Å². The zero-order chi connectivity index (χ0) is 15.8. The van der Waals surface area contributed by atoms with Gasteiger partial charge in [0.2, 0.25) is 0 Å². The van der Waals surface area contributed by atoms with Gasteiger partial charge in [-0.2, -0.15) is 6.42 Å². The summed E-state index contributed by atoms with van der Waals surface area (Å²) in [4.78, 5) is 11.6. The van der Waals surface area contributed by atoms with Crippen LogP contribution in [0.2, 0.25) is 0 Å². The minimum atomic E-state index is -0.200. The molecule has 0 fully saturated rings. The van der Waals surface area contributed by atoms with Crippen LogP contribution >= 0.6 is 0 Å². The van der Waals surface area contributed by atoms with E-state index in [-0.39, 0.29) is 45.6 Å². The number of rotatable bonds is 3. The molecule has 1 rings (SSSR count). The van der Waals surface area contributed by atoms with E-state index in [0.29, 0.717) is 17.6 Å². The largest absolute Gasteiger partial charge is 0.358 e. The van der Waals surface area contributed by atoms with Crippen LogP contribution in [0.3, 0.4) is 0 Å². The molecule has 0 aliphatic rings. The summed E-state index contributed by atoms with van der Waals surface area (Å²) in [6.45, 7) is 16.2. The van der Waals surface area contributed by atoms with Crippen molar-refractivity contribution in [2.24, 2.45) is 10.8 Å². The zero-order valence-electron chi connectivity index (χ0n) is 15.7. The molecular formula is C20H34OY-2. The molecule has 0 unspecified atom stereocenters. The Kier molecular flexibility index (Phi) is 15.2. The van der Waals surface area contributed by atoms with Crippen molar-refractivity contribution in [1.82, 2.24) is 0 Å². The van der Waals surface area contributed by atoms with Crippen LogP contribution in [0, 0.1) is 25.2 Å². The molecule has 0 saturated carbocycles. The average Bonchev–Trinajstić information content (AvgIpc) is 2.36. The van der Waals surface area contributed by atoms with E-state index in [4.69, 9.17) is 0 Å². The normalized spacial score (nSPS) is 10.5. The van der Waals surface area contributed by atoms with Crippen LogP contribution in [0.15, 0.2) is 30.3 Å². The summed E-state index contributed by atoms with van der Waals surface area (Å²) in [5.41, 5.74) is 1.47. The van der Waals surface area contributed by atoms with E-state index in [1.54, 1.807) is 0 Å². The van der Waals surface area contributed by atoms with Crippen molar-refractivity contribution in [2.75, 3.05) is 0 Å². The Labute approximate surface area is 164 Å². The molecule has 1 aromatic rings. The first kappa shape index (κ1) is 26.9. The van der Waals surface area contributed by atoms with Gasteiger partial charge >= 0.3 is 0 Å². The molecule has 0 bridgehead atoms. The molecule has 0 atom stereocenters. The Balaban J connectivity index is -0.000000392. The van der Waals surface area contributed by atoms with Gasteiger partial charge in [0.15, 0.2) is 0 Å². The molecule has 22 heavy (non-hydrogen) atoms. The molecule has 1 aromatic carbocycles. The van der Waals surface area contributed by atoms with Crippen LogP contribution in [-0.4, -0.2) is 5.78 Å². The number of hydrogen-bond acceptors (Lipinski definition) is 1. The molecular weight excluding hydrogens is 345 g/mol. The maximum absolute atomic E-state index is 11.6. The summed E-state index contributed by atoms with van der Waals surface area (Å²) < 4.78 is 0. The van der Waals surface area contributed by atoms with Gasteiger partial charge in [-0.3, -0.25) is 4.79 Å². The Hall–Kier alpha value is -0.00610. The molecule has 0 aliphatic carbocycles. The summed E-state index contributed by atoms with van der Waals surface area (Å²) in [6.07, 6.45) is 2.53. The van der Waals surface area contributed by atoms with Crippen molar-refractivity contribution in [3.8, 4) is 0 Å². The third-order valence-corrected chi connectivity index (χ3v) is 3.07. The average molecular weight is 379 g/mol. The Morgan fingerprint density at radius 1 is 1.00 bits per heavy atom. The number of Topliss-reactive ketones (excluding diaryl/α,β-unsaturated/α-hetero) is 1. The monoisotopic (exact) mass is 379 g/mol. The van der Waals surface area contributed by atoms with Gasteiger partial charge in [-0.05, 0) is 12.0 Å². The van der Waals surface area contributed by atoms with Gasteiger partial charge in [-0.1, -0.05) is 77.3 Å². The van der Waals surface area contributed by atoms with Crippen LogP contribution in [0.1, 0.15) is 59.9 Å². The molecule has 0 amide bonds. The molecule has 0 spiro atoms. The topological polar surface area (TPSA) is 17.1 Å². The van der Waals surface area contributed by atoms with Crippen LogP contribution < -0.4 is 0 Å². The smallest absolute Gasteiger partial charge is 0.138 e. The molecule has 0 aromatic heterocycles. The quantitative estimate of drug-likeness (QED) is 0.594.